The van der Waals surface area contributed by atoms with Gasteiger partial charge in [-0.2, -0.15) is 0 Å². The van der Waals surface area contributed by atoms with Gasteiger partial charge in [0.25, 0.3) is 5.56 Å². The van der Waals surface area contributed by atoms with Gasteiger partial charge in [-0.15, -0.1) is 5.10 Å². The van der Waals surface area contributed by atoms with Gasteiger partial charge in [0, 0.05) is 0 Å². The third-order valence-electron chi connectivity index (χ3n) is 5.49. The van der Waals surface area contributed by atoms with Crippen molar-refractivity contribution in [2.75, 3.05) is 6.61 Å². The first-order valence-electron chi connectivity index (χ1n) is 9.96. The maximum absolute atomic E-state index is 12.3. The molecule has 1 aliphatic carbocycles. The van der Waals surface area contributed by atoms with E-state index in [0.717, 1.165) is 16.7 Å². The fourth-order valence-electron chi connectivity index (χ4n) is 3.85. The molecule has 0 spiro atoms. The van der Waals surface area contributed by atoms with Crippen LogP contribution < -0.4 is 10.3 Å². The van der Waals surface area contributed by atoms with Crippen LogP contribution in [-0.2, 0) is 4.79 Å². The highest BCUT2D eigenvalue weighted by atomic mass is 16.5. The summed E-state index contributed by atoms with van der Waals surface area (Å²) >= 11 is 0. The van der Waals surface area contributed by atoms with E-state index in [0.29, 0.717) is 35.8 Å². The molecule has 4 aromatic rings. The molecular weight excluding hydrogens is 398 g/mol. The van der Waals surface area contributed by atoms with Gasteiger partial charge < -0.3 is 14.8 Å². The van der Waals surface area contributed by atoms with E-state index in [9.17, 15) is 14.7 Å². The first-order chi connectivity index (χ1) is 15.0. The number of aromatic nitrogens is 5. The number of carboxylic acids is 1. The molecule has 0 bridgehead atoms. The molecule has 0 aliphatic heterocycles. The average molecular weight is 417 g/mol. The molecule has 2 aromatic heterocycles. The van der Waals surface area contributed by atoms with E-state index in [2.05, 4.69) is 25.4 Å². The lowest BCUT2D eigenvalue weighted by atomic mass is 9.99. The maximum Gasteiger partial charge on any atom is 0.307 e. The van der Waals surface area contributed by atoms with E-state index in [-0.39, 0.29) is 22.9 Å². The predicted molar refractivity (Wildman–Crippen MR) is 113 cm³/mol. The maximum atomic E-state index is 12.3. The van der Waals surface area contributed by atoms with Crippen LogP contribution in [0.3, 0.4) is 0 Å². The lowest BCUT2D eigenvalue weighted by Gasteiger charge is -2.12. The molecule has 5 rings (SSSR count). The minimum absolute atomic E-state index is 0.0621. The number of carboxylic acid groups (broad SMARTS) is 1. The second-order valence-corrected chi connectivity index (χ2v) is 7.48. The van der Waals surface area contributed by atoms with Crippen molar-refractivity contribution in [3.05, 3.63) is 58.4 Å². The Balaban J connectivity index is 1.54. The number of fused-ring (bicyclic) bond motifs is 1. The Hall–Kier alpha value is -4.01. The standard InChI is InChI=1S/C22H19N5O4/c1-2-31-17-9-12(11-4-3-5-13(8-11)15-10-16(15)22(29)30)6-7-14(17)19-23-20-18(21(28)24-19)25-27-26-20/h3-9,15-16H,2,10H2,1H3,(H,29,30)(H2,23,24,25,26,27,28)/t15-,16+/m0/s1. The third kappa shape index (κ3) is 3.43. The van der Waals surface area contributed by atoms with Crippen LogP contribution in [0.1, 0.15) is 24.8 Å². The van der Waals surface area contributed by atoms with Gasteiger partial charge in [-0.05, 0) is 48.1 Å². The fraction of sp³-hybridized carbons (Fsp3) is 0.227. The van der Waals surface area contributed by atoms with Crippen LogP contribution in [0.15, 0.2) is 47.3 Å². The van der Waals surface area contributed by atoms with E-state index in [1.807, 2.05) is 49.4 Å². The molecule has 1 fully saturated rings. The van der Waals surface area contributed by atoms with E-state index in [4.69, 9.17) is 4.74 Å². The molecule has 0 saturated heterocycles. The molecule has 31 heavy (non-hydrogen) atoms. The Bertz CT molecular complexity index is 1360. The van der Waals surface area contributed by atoms with Crippen LogP contribution in [-0.4, -0.2) is 43.1 Å². The number of ether oxygens (including phenoxy) is 1. The first kappa shape index (κ1) is 19.0. The molecule has 2 heterocycles. The summed E-state index contributed by atoms with van der Waals surface area (Å²) in [7, 11) is 0. The summed E-state index contributed by atoms with van der Waals surface area (Å²) in [6.07, 6.45) is 0.673. The highest BCUT2D eigenvalue weighted by molar-refractivity contribution is 5.78. The molecule has 0 radical (unpaired) electrons. The molecule has 9 heteroatoms. The number of aromatic amines is 2. The summed E-state index contributed by atoms with van der Waals surface area (Å²) in [5, 5.41) is 19.2. The summed E-state index contributed by atoms with van der Waals surface area (Å²) < 4.78 is 5.84. The zero-order chi connectivity index (χ0) is 21.5. The molecule has 156 valence electrons. The van der Waals surface area contributed by atoms with E-state index >= 15 is 0 Å². The normalized spacial score (nSPS) is 17.6. The summed E-state index contributed by atoms with van der Waals surface area (Å²) in [4.78, 5) is 30.6. The third-order valence-corrected chi connectivity index (χ3v) is 5.49. The Morgan fingerprint density at radius 2 is 2.06 bits per heavy atom. The number of carbonyl (C=O) groups is 1. The molecule has 0 amide bonds. The molecular formula is C22H19N5O4. The van der Waals surface area contributed by atoms with Gasteiger partial charge in [0.05, 0.1) is 18.1 Å². The lowest BCUT2D eigenvalue weighted by molar-refractivity contribution is -0.138. The summed E-state index contributed by atoms with van der Waals surface area (Å²) in [6, 6.07) is 13.6. The van der Waals surface area contributed by atoms with Crippen LogP contribution in [0.25, 0.3) is 33.7 Å². The van der Waals surface area contributed by atoms with Gasteiger partial charge in [-0.1, -0.05) is 35.5 Å². The van der Waals surface area contributed by atoms with Crippen molar-refractivity contribution in [2.24, 2.45) is 5.92 Å². The highest BCUT2D eigenvalue weighted by Gasteiger charge is 2.44. The highest BCUT2D eigenvalue weighted by Crippen LogP contribution is 2.48. The smallest absolute Gasteiger partial charge is 0.307 e. The quantitative estimate of drug-likeness (QED) is 0.439. The second kappa shape index (κ2) is 7.35. The van der Waals surface area contributed by atoms with Gasteiger partial charge in [-0.3, -0.25) is 9.59 Å². The van der Waals surface area contributed by atoms with Crippen molar-refractivity contribution in [3.63, 3.8) is 0 Å². The number of H-pyrrole nitrogens is 2. The Morgan fingerprint density at radius 1 is 1.23 bits per heavy atom. The Morgan fingerprint density at radius 3 is 2.84 bits per heavy atom. The SMILES string of the molecule is CCOc1cc(-c2cccc([C@@H]3C[C@H]3C(=O)O)c2)ccc1-c1nc2[nH]nnc2c(=O)[nH]1. The van der Waals surface area contributed by atoms with Crippen molar-refractivity contribution >= 4 is 17.1 Å². The van der Waals surface area contributed by atoms with E-state index < -0.39 is 5.97 Å². The van der Waals surface area contributed by atoms with Crippen molar-refractivity contribution in [1.82, 2.24) is 25.4 Å². The van der Waals surface area contributed by atoms with Gasteiger partial charge in [0.2, 0.25) is 0 Å². The van der Waals surface area contributed by atoms with E-state index in [1.165, 1.54) is 0 Å². The molecule has 3 N–H and O–H groups in total. The second-order valence-electron chi connectivity index (χ2n) is 7.48. The Labute approximate surface area is 176 Å². The topological polar surface area (TPSA) is 134 Å². The molecule has 9 nitrogen and oxygen atoms in total. The van der Waals surface area contributed by atoms with Gasteiger partial charge in [0.15, 0.2) is 11.2 Å². The molecule has 0 unspecified atom stereocenters. The number of rotatable bonds is 6. The number of hydrogen-bond acceptors (Lipinski definition) is 6. The van der Waals surface area contributed by atoms with Crippen molar-refractivity contribution in [2.45, 2.75) is 19.3 Å². The van der Waals surface area contributed by atoms with Crippen LogP contribution in [0, 0.1) is 5.92 Å². The minimum Gasteiger partial charge on any atom is -0.493 e. The lowest BCUT2D eigenvalue weighted by Crippen LogP contribution is -2.10. The average Bonchev–Trinajstić information content (AvgIpc) is 3.44. The zero-order valence-electron chi connectivity index (χ0n) is 16.6. The van der Waals surface area contributed by atoms with Gasteiger partial charge in [-0.25, -0.2) is 10.1 Å². The summed E-state index contributed by atoms with van der Waals surface area (Å²) in [5.41, 5.74) is 3.62. The largest absolute Gasteiger partial charge is 0.493 e. The number of benzene rings is 2. The number of aliphatic carboxylic acids is 1. The summed E-state index contributed by atoms with van der Waals surface area (Å²) in [6.45, 7) is 2.32. The van der Waals surface area contributed by atoms with Crippen molar-refractivity contribution in [1.29, 1.82) is 0 Å². The summed E-state index contributed by atoms with van der Waals surface area (Å²) in [5.74, 6) is -0.0485. The van der Waals surface area contributed by atoms with Crippen molar-refractivity contribution in [3.8, 4) is 28.3 Å². The zero-order valence-corrected chi connectivity index (χ0v) is 16.6. The van der Waals surface area contributed by atoms with Crippen molar-refractivity contribution < 1.29 is 14.6 Å². The number of nitrogens with zero attached hydrogens (tertiary/aromatic N) is 3. The van der Waals surface area contributed by atoms with Gasteiger partial charge >= 0.3 is 5.97 Å². The molecule has 1 aliphatic rings. The minimum atomic E-state index is -0.746. The van der Waals surface area contributed by atoms with E-state index in [1.54, 1.807) is 0 Å². The fourth-order valence-corrected chi connectivity index (χ4v) is 3.85. The first-order valence-corrected chi connectivity index (χ1v) is 9.96. The van der Waals surface area contributed by atoms with Crippen LogP contribution in [0.2, 0.25) is 0 Å². The van der Waals surface area contributed by atoms with Crippen LogP contribution >= 0.6 is 0 Å². The molecule has 2 atom stereocenters. The molecule has 2 aromatic carbocycles. The van der Waals surface area contributed by atoms with Crippen LogP contribution in [0.5, 0.6) is 5.75 Å². The predicted octanol–water partition coefficient (Wildman–Crippen LogP) is 2.96. The number of hydrogen-bond donors (Lipinski definition) is 3. The van der Waals surface area contributed by atoms with Crippen LogP contribution in [0.4, 0.5) is 0 Å². The monoisotopic (exact) mass is 417 g/mol. The molecule has 1 saturated carbocycles. The number of nitrogens with one attached hydrogen (secondary N) is 2. The Kier molecular flexibility index (Phi) is 4.50. The van der Waals surface area contributed by atoms with Gasteiger partial charge in [0.1, 0.15) is 11.6 Å².